The van der Waals surface area contributed by atoms with Crippen LogP contribution in [0.15, 0.2) is 4.90 Å². The molecular weight excluding hydrogens is 266 g/mol. The van der Waals surface area contributed by atoms with Gasteiger partial charge in [-0.1, -0.05) is 0 Å². The van der Waals surface area contributed by atoms with E-state index in [0.29, 0.717) is 24.4 Å². The molecule has 0 spiro atoms. The van der Waals surface area contributed by atoms with Gasteiger partial charge in [0.25, 0.3) is 0 Å². The van der Waals surface area contributed by atoms with Crippen LogP contribution >= 0.6 is 0 Å². The average molecular weight is 289 g/mol. The van der Waals surface area contributed by atoms with Crippen molar-refractivity contribution >= 4 is 10.0 Å². The zero-order chi connectivity index (χ0) is 14.8. The molecule has 0 saturated carbocycles. The van der Waals surface area contributed by atoms with Gasteiger partial charge in [0, 0.05) is 26.2 Å². The van der Waals surface area contributed by atoms with Gasteiger partial charge in [-0.3, -0.25) is 4.68 Å². The van der Waals surface area contributed by atoms with E-state index in [-0.39, 0.29) is 17.5 Å². The lowest BCUT2D eigenvalue weighted by Crippen LogP contribution is -2.38. The minimum atomic E-state index is -3.57. The number of hydrogen-bond donors (Lipinski definition) is 1. The molecule has 1 N–H and O–H groups in total. The number of hydrogen-bond acceptors (Lipinski definition) is 4. The molecule has 0 radical (unpaired) electrons. The predicted octanol–water partition coefficient (Wildman–Crippen LogP) is 0.818. The highest BCUT2D eigenvalue weighted by Gasteiger charge is 2.31. The van der Waals surface area contributed by atoms with Crippen LogP contribution in [0.5, 0.6) is 0 Å². The SMILES string of the molecule is Cc1nn(C)c(C)c1S(=O)(=O)N(CCCO)C(C)C. The topological polar surface area (TPSA) is 75.4 Å². The van der Waals surface area contributed by atoms with E-state index in [0.717, 1.165) is 0 Å². The highest BCUT2D eigenvalue weighted by atomic mass is 32.2. The lowest BCUT2D eigenvalue weighted by molar-refractivity contribution is 0.258. The van der Waals surface area contributed by atoms with Gasteiger partial charge >= 0.3 is 0 Å². The zero-order valence-corrected chi connectivity index (χ0v) is 13.0. The van der Waals surface area contributed by atoms with Gasteiger partial charge in [-0.25, -0.2) is 8.42 Å². The van der Waals surface area contributed by atoms with E-state index in [4.69, 9.17) is 5.11 Å². The summed E-state index contributed by atoms with van der Waals surface area (Å²) in [6, 6.07) is -0.157. The Hall–Kier alpha value is -0.920. The first-order chi connectivity index (χ1) is 8.73. The van der Waals surface area contributed by atoms with Crippen LogP contribution in [0.4, 0.5) is 0 Å². The summed E-state index contributed by atoms with van der Waals surface area (Å²) in [5.74, 6) is 0. The molecule has 1 aromatic rings. The smallest absolute Gasteiger partial charge is 0.246 e. The van der Waals surface area contributed by atoms with E-state index in [9.17, 15) is 8.42 Å². The molecule has 0 fully saturated rings. The third kappa shape index (κ3) is 3.16. The molecule has 0 bridgehead atoms. The van der Waals surface area contributed by atoms with Crippen LogP contribution in [0, 0.1) is 13.8 Å². The molecule has 0 amide bonds. The fourth-order valence-corrected chi connectivity index (χ4v) is 4.21. The summed E-state index contributed by atoms with van der Waals surface area (Å²) < 4.78 is 28.4. The number of aromatic nitrogens is 2. The summed E-state index contributed by atoms with van der Waals surface area (Å²) in [6.45, 7) is 7.39. The van der Waals surface area contributed by atoms with Crippen molar-refractivity contribution in [1.82, 2.24) is 14.1 Å². The van der Waals surface area contributed by atoms with E-state index in [1.165, 1.54) is 4.31 Å². The van der Waals surface area contributed by atoms with Gasteiger partial charge < -0.3 is 5.11 Å². The minimum Gasteiger partial charge on any atom is -0.396 e. The van der Waals surface area contributed by atoms with Gasteiger partial charge in [0.05, 0.1) is 11.4 Å². The molecular formula is C12H23N3O3S. The average Bonchev–Trinajstić information content (AvgIpc) is 2.52. The Morgan fingerprint density at radius 2 is 1.95 bits per heavy atom. The van der Waals surface area contributed by atoms with Crippen molar-refractivity contribution in [3.05, 3.63) is 11.4 Å². The fraction of sp³-hybridized carbons (Fsp3) is 0.750. The summed E-state index contributed by atoms with van der Waals surface area (Å²) in [7, 11) is -1.84. The van der Waals surface area contributed by atoms with E-state index in [1.807, 2.05) is 13.8 Å². The molecule has 1 heterocycles. The van der Waals surface area contributed by atoms with E-state index in [1.54, 1.807) is 25.6 Å². The Bertz CT molecular complexity index is 535. The predicted molar refractivity (Wildman–Crippen MR) is 73.4 cm³/mol. The summed E-state index contributed by atoms with van der Waals surface area (Å²) in [5, 5.41) is 13.1. The molecule has 0 atom stereocenters. The standard InChI is InChI=1S/C12H23N3O3S/c1-9(2)15(7-6-8-16)19(17,18)12-10(3)13-14(5)11(12)4/h9,16H,6-8H2,1-5H3. The summed E-state index contributed by atoms with van der Waals surface area (Å²) in [4.78, 5) is 0.279. The second kappa shape index (κ2) is 6.02. The first-order valence-corrected chi connectivity index (χ1v) is 7.80. The van der Waals surface area contributed by atoms with Crippen LogP contribution in [0.3, 0.4) is 0 Å². The van der Waals surface area contributed by atoms with Gasteiger partial charge in [0.1, 0.15) is 4.90 Å². The summed E-state index contributed by atoms with van der Waals surface area (Å²) >= 11 is 0. The molecule has 19 heavy (non-hydrogen) atoms. The lowest BCUT2D eigenvalue weighted by atomic mass is 10.3. The molecule has 7 heteroatoms. The van der Waals surface area contributed by atoms with Crippen LogP contribution < -0.4 is 0 Å². The van der Waals surface area contributed by atoms with Gasteiger partial charge in [-0.2, -0.15) is 9.40 Å². The third-order valence-corrected chi connectivity index (χ3v) is 5.45. The quantitative estimate of drug-likeness (QED) is 0.841. The Morgan fingerprint density at radius 3 is 2.32 bits per heavy atom. The first-order valence-electron chi connectivity index (χ1n) is 6.36. The molecule has 0 aliphatic carbocycles. The number of rotatable bonds is 6. The second-order valence-electron chi connectivity index (χ2n) is 4.91. The van der Waals surface area contributed by atoms with Gasteiger partial charge in [0.2, 0.25) is 10.0 Å². The Kier molecular flexibility index (Phi) is 5.11. The highest BCUT2D eigenvalue weighted by Crippen LogP contribution is 2.24. The van der Waals surface area contributed by atoms with Crippen molar-refractivity contribution in [2.75, 3.05) is 13.2 Å². The van der Waals surface area contributed by atoms with Crippen molar-refractivity contribution in [2.24, 2.45) is 7.05 Å². The van der Waals surface area contributed by atoms with E-state index >= 15 is 0 Å². The maximum absolute atomic E-state index is 12.7. The lowest BCUT2D eigenvalue weighted by Gasteiger charge is -2.25. The number of aryl methyl sites for hydroxylation is 2. The second-order valence-corrected chi connectivity index (χ2v) is 6.74. The van der Waals surface area contributed by atoms with Crippen LogP contribution in [0.1, 0.15) is 31.7 Å². The van der Waals surface area contributed by atoms with Gasteiger partial charge in [-0.05, 0) is 34.1 Å². The molecule has 6 nitrogen and oxygen atoms in total. The molecule has 0 aromatic carbocycles. The number of sulfonamides is 1. The van der Waals surface area contributed by atoms with Gasteiger partial charge in [0.15, 0.2) is 0 Å². The number of aliphatic hydroxyl groups is 1. The molecule has 1 rings (SSSR count). The molecule has 0 aliphatic heterocycles. The van der Waals surface area contributed by atoms with Crippen LogP contribution in [-0.4, -0.2) is 46.8 Å². The number of aliphatic hydroxyl groups excluding tert-OH is 1. The zero-order valence-electron chi connectivity index (χ0n) is 12.2. The normalized spacial score (nSPS) is 12.6. The molecule has 0 unspecified atom stereocenters. The Balaban J connectivity index is 3.27. The highest BCUT2D eigenvalue weighted by molar-refractivity contribution is 7.89. The summed E-state index contributed by atoms with van der Waals surface area (Å²) in [6.07, 6.45) is 0.426. The Morgan fingerprint density at radius 1 is 1.37 bits per heavy atom. The van der Waals surface area contributed by atoms with Crippen LogP contribution in [-0.2, 0) is 17.1 Å². The molecule has 1 aromatic heterocycles. The minimum absolute atomic E-state index is 0.0241. The fourth-order valence-electron chi connectivity index (χ4n) is 2.13. The molecule has 0 saturated heterocycles. The van der Waals surface area contributed by atoms with Crippen molar-refractivity contribution in [3.8, 4) is 0 Å². The van der Waals surface area contributed by atoms with Crippen molar-refractivity contribution in [3.63, 3.8) is 0 Å². The van der Waals surface area contributed by atoms with E-state index in [2.05, 4.69) is 5.10 Å². The maximum Gasteiger partial charge on any atom is 0.246 e. The van der Waals surface area contributed by atoms with Crippen molar-refractivity contribution in [2.45, 2.75) is 45.1 Å². The number of nitrogens with zero attached hydrogens (tertiary/aromatic N) is 3. The van der Waals surface area contributed by atoms with E-state index < -0.39 is 10.0 Å². The third-order valence-electron chi connectivity index (χ3n) is 3.12. The van der Waals surface area contributed by atoms with Crippen molar-refractivity contribution < 1.29 is 13.5 Å². The monoisotopic (exact) mass is 289 g/mol. The maximum atomic E-state index is 12.7. The van der Waals surface area contributed by atoms with Crippen molar-refractivity contribution in [1.29, 1.82) is 0 Å². The molecule has 110 valence electrons. The largest absolute Gasteiger partial charge is 0.396 e. The molecule has 0 aliphatic rings. The van der Waals surface area contributed by atoms with Crippen LogP contribution in [0.2, 0.25) is 0 Å². The van der Waals surface area contributed by atoms with Crippen LogP contribution in [0.25, 0.3) is 0 Å². The van der Waals surface area contributed by atoms with Gasteiger partial charge in [-0.15, -0.1) is 0 Å². The summed E-state index contributed by atoms with van der Waals surface area (Å²) in [5.41, 5.74) is 1.14. The Labute approximate surface area is 115 Å². The first kappa shape index (κ1) is 16.1.